The lowest BCUT2D eigenvalue weighted by molar-refractivity contribution is 0.171. The lowest BCUT2D eigenvalue weighted by atomic mass is 10.2. The normalized spacial score (nSPS) is 13.0. The largest absolute Gasteiger partial charge is 0.486 e. The van der Waals surface area contributed by atoms with Gasteiger partial charge in [0.25, 0.3) is 10.0 Å². The number of benzene rings is 3. The van der Waals surface area contributed by atoms with Gasteiger partial charge in [-0.3, -0.25) is 4.31 Å². The van der Waals surface area contributed by atoms with Crippen LogP contribution in [-0.4, -0.2) is 28.2 Å². The Morgan fingerprint density at radius 1 is 0.935 bits per heavy atom. The van der Waals surface area contributed by atoms with Crippen LogP contribution in [0.5, 0.6) is 11.5 Å². The minimum absolute atomic E-state index is 0.0412. The number of ether oxygens (including phenoxy) is 2. The van der Waals surface area contributed by atoms with Gasteiger partial charge >= 0.3 is 0 Å². The fourth-order valence-corrected chi connectivity index (χ4v) is 4.83. The predicted octanol–water partition coefficient (Wildman–Crippen LogP) is 4.24. The van der Waals surface area contributed by atoms with E-state index >= 15 is 0 Å². The van der Waals surface area contributed by atoms with Gasteiger partial charge in [-0.05, 0) is 29.8 Å². The van der Waals surface area contributed by atoms with Crippen molar-refractivity contribution >= 4 is 21.8 Å². The molecule has 7 heteroatoms. The fraction of sp³-hybridized carbons (Fsp3) is 0.125. The average molecular weight is 433 g/mol. The van der Waals surface area contributed by atoms with E-state index in [2.05, 4.69) is 0 Å². The molecular weight excluding hydrogens is 412 g/mol. The molecule has 0 fully saturated rings. The summed E-state index contributed by atoms with van der Waals surface area (Å²) in [6, 6.07) is 22.8. The summed E-state index contributed by atoms with van der Waals surface area (Å²) >= 11 is 0. The van der Waals surface area contributed by atoms with Crippen molar-refractivity contribution < 1.29 is 17.9 Å². The summed E-state index contributed by atoms with van der Waals surface area (Å²) in [4.78, 5) is -0.0412. The van der Waals surface area contributed by atoms with Gasteiger partial charge in [0.2, 0.25) is 0 Å². The Bertz CT molecular complexity index is 1250. The molecule has 1 aliphatic heterocycles. The molecule has 0 aliphatic carbocycles. The standard InChI is InChI=1S/C24H20N2O4S/c25-18-20-10-4-5-11-24(20)31(27,28)26(14-6-9-19-7-2-1-3-8-19)21-12-13-22-23(17-21)30-16-15-29-22/h1-13,17H,14-16H2/b9-6+. The van der Waals surface area contributed by atoms with Gasteiger partial charge in [0.15, 0.2) is 11.5 Å². The van der Waals surface area contributed by atoms with Crippen molar-refractivity contribution in [2.75, 3.05) is 24.1 Å². The molecule has 31 heavy (non-hydrogen) atoms. The van der Waals surface area contributed by atoms with Crippen molar-refractivity contribution in [3.63, 3.8) is 0 Å². The smallest absolute Gasteiger partial charge is 0.265 e. The average Bonchev–Trinajstić information content (AvgIpc) is 2.82. The van der Waals surface area contributed by atoms with Gasteiger partial charge in [0.05, 0.1) is 17.8 Å². The molecule has 0 bridgehead atoms. The van der Waals surface area contributed by atoms with E-state index in [1.165, 1.54) is 16.4 Å². The van der Waals surface area contributed by atoms with E-state index in [4.69, 9.17) is 9.47 Å². The fourth-order valence-electron chi connectivity index (χ4n) is 3.28. The summed E-state index contributed by atoms with van der Waals surface area (Å²) in [6.07, 6.45) is 3.63. The highest BCUT2D eigenvalue weighted by Crippen LogP contribution is 2.36. The van der Waals surface area contributed by atoms with Gasteiger partial charge in [-0.15, -0.1) is 0 Å². The molecule has 1 heterocycles. The van der Waals surface area contributed by atoms with Crippen LogP contribution in [0.2, 0.25) is 0 Å². The van der Waals surface area contributed by atoms with Crippen LogP contribution in [-0.2, 0) is 10.0 Å². The second kappa shape index (κ2) is 8.94. The molecular formula is C24H20N2O4S. The molecule has 156 valence electrons. The molecule has 0 atom stereocenters. The number of anilines is 1. The topological polar surface area (TPSA) is 79.6 Å². The van der Waals surface area contributed by atoms with E-state index in [0.717, 1.165) is 5.56 Å². The predicted molar refractivity (Wildman–Crippen MR) is 119 cm³/mol. The summed E-state index contributed by atoms with van der Waals surface area (Å²) in [7, 11) is -4.01. The van der Waals surface area contributed by atoms with Crippen LogP contribution in [0.25, 0.3) is 6.08 Å². The third-order valence-corrected chi connectivity index (χ3v) is 6.62. The third kappa shape index (κ3) is 4.39. The maximum Gasteiger partial charge on any atom is 0.265 e. The highest BCUT2D eigenvalue weighted by atomic mass is 32.2. The monoisotopic (exact) mass is 432 g/mol. The van der Waals surface area contributed by atoms with E-state index in [0.29, 0.717) is 30.4 Å². The second-order valence-corrected chi connectivity index (χ2v) is 8.62. The summed E-state index contributed by atoms with van der Waals surface area (Å²) in [5.74, 6) is 1.06. The van der Waals surface area contributed by atoms with Crippen molar-refractivity contribution in [2.24, 2.45) is 0 Å². The van der Waals surface area contributed by atoms with Crippen molar-refractivity contribution in [2.45, 2.75) is 4.90 Å². The number of fused-ring (bicyclic) bond motifs is 1. The van der Waals surface area contributed by atoms with Crippen LogP contribution in [0, 0.1) is 11.3 Å². The van der Waals surface area contributed by atoms with Crippen LogP contribution < -0.4 is 13.8 Å². The van der Waals surface area contributed by atoms with Gasteiger partial charge in [-0.1, -0.05) is 54.6 Å². The second-order valence-electron chi connectivity index (χ2n) is 6.79. The molecule has 0 saturated heterocycles. The first-order chi connectivity index (χ1) is 15.1. The number of rotatable bonds is 6. The van der Waals surface area contributed by atoms with Crippen molar-refractivity contribution in [1.29, 1.82) is 5.26 Å². The SMILES string of the molecule is N#Cc1ccccc1S(=O)(=O)N(C/C=C/c1ccccc1)c1ccc2c(c1)OCCO2. The first kappa shape index (κ1) is 20.5. The number of hydrogen-bond acceptors (Lipinski definition) is 5. The van der Waals surface area contributed by atoms with Crippen molar-refractivity contribution in [3.8, 4) is 17.6 Å². The Kier molecular flexibility index (Phi) is 5.92. The summed E-state index contributed by atoms with van der Waals surface area (Å²) in [5, 5.41) is 9.43. The van der Waals surface area contributed by atoms with Crippen molar-refractivity contribution in [3.05, 3.63) is 90.0 Å². The first-order valence-corrected chi connectivity index (χ1v) is 11.2. The molecule has 3 aromatic carbocycles. The summed E-state index contributed by atoms with van der Waals surface area (Å²) in [6.45, 7) is 0.925. The van der Waals surface area contributed by atoms with Gasteiger partial charge in [-0.25, -0.2) is 8.42 Å². The van der Waals surface area contributed by atoms with Crippen molar-refractivity contribution in [1.82, 2.24) is 0 Å². The molecule has 0 spiro atoms. The summed E-state index contributed by atoms with van der Waals surface area (Å²) in [5.41, 5.74) is 1.48. The lowest BCUT2D eigenvalue weighted by Crippen LogP contribution is -2.32. The van der Waals surface area contributed by atoms with E-state index in [1.807, 2.05) is 42.5 Å². The van der Waals surface area contributed by atoms with E-state index < -0.39 is 10.0 Å². The molecule has 1 aliphatic rings. The molecule has 6 nitrogen and oxygen atoms in total. The van der Waals surface area contributed by atoms with E-state index in [1.54, 1.807) is 36.4 Å². The Labute approximate surface area is 181 Å². The molecule has 0 radical (unpaired) electrons. The molecule has 0 saturated carbocycles. The summed E-state index contributed by atoms with van der Waals surface area (Å²) < 4.78 is 39.6. The zero-order valence-electron chi connectivity index (χ0n) is 16.6. The van der Waals surface area contributed by atoms with E-state index in [-0.39, 0.29) is 17.0 Å². The number of hydrogen-bond donors (Lipinski definition) is 0. The molecule has 0 amide bonds. The zero-order chi connectivity index (χ0) is 21.7. The zero-order valence-corrected chi connectivity index (χ0v) is 17.5. The Balaban J connectivity index is 1.75. The molecule has 4 rings (SSSR count). The lowest BCUT2D eigenvalue weighted by Gasteiger charge is -2.26. The van der Waals surface area contributed by atoms with Crippen LogP contribution in [0.1, 0.15) is 11.1 Å². The van der Waals surface area contributed by atoms with Gasteiger partial charge < -0.3 is 9.47 Å². The quantitative estimate of drug-likeness (QED) is 0.582. The van der Waals surface area contributed by atoms with Crippen LogP contribution in [0.4, 0.5) is 5.69 Å². The minimum atomic E-state index is -4.01. The van der Waals surface area contributed by atoms with Gasteiger partial charge in [-0.2, -0.15) is 5.26 Å². The van der Waals surface area contributed by atoms with Crippen LogP contribution in [0.15, 0.2) is 83.8 Å². The molecule has 0 N–H and O–H groups in total. The number of sulfonamides is 1. The minimum Gasteiger partial charge on any atom is -0.486 e. The number of nitriles is 1. The third-order valence-electron chi connectivity index (χ3n) is 4.77. The van der Waals surface area contributed by atoms with Gasteiger partial charge in [0.1, 0.15) is 24.2 Å². The highest BCUT2D eigenvalue weighted by Gasteiger charge is 2.28. The molecule has 0 unspecified atom stereocenters. The van der Waals surface area contributed by atoms with Gasteiger partial charge in [0, 0.05) is 6.07 Å². The van der Waals surface area contributed by atoms with Crippen LogP contribution in [0.3, 0.4) is 0 Å². The highest BCUT2D eigenvalue weighted by molar-refractivity contribution is 7.92. The first-order valence-electron chi connectivity index (χ1n) is 9.73. The number of nitrogens with zero attached hydrogens (tertiary/aromatic N) is 2. The van der Waals surface area contributed by atoms with Crippen LogP contribution >= 0.6 is 0 Å². The Morgan fingerprint density at radius 3 is 2.42 bits per heavy atom. The maximum absolute atomic E-state index is 13.6. The Hall–Kier alpha value is -3.76. The molecule has 0 aromatic heterocycles. The molecule has 3 aromatic rings. The van der Waals surface area contributed by atoms with E-state index in [9.17, 15) is 13.7 Å². The maximum atomic E-state index is 13.6. The Morgan fingerprint density at radius 2 is 1.65 bits per heavy atom.